The summed E-state index contributed by atoms with van der Waals surface area (Å²) in [5, 5.41) is 10.8. The lowest BCUT2D eigenvalue weighted by Gasteiger charge is -2.24. The van der Waals surface area contributed by atoms with Gasteiger partial charge in [-0.1, -0.05) is 42.5 Å². The van der Waals surface area contributed by atoms with E-state index < -0.39 is 5.60 Å². The van der Waals surface area contributed by atoms with Crippen LogP contribution in [0, 0.1) is 5.82 Å². The summed E-state index contributed by atoms with van der Waals surface area (Å²) in [6, 6.07) is 14.6. The summed E-state index contributed by atoms with van der Waals surface area (Å²) in [6.07, 6.45) is 1.87. The van der Waals surface area contributed by atoms with Gasteiger partial charge in [0, 0.05) is 6.42 Å². The number of benzene rings is 2. The summed E-state index contributed by atoms with van der Waals surface area (Å²) < 4.78 is 13.7. The van der Waals surface area contributed by atoms with Crippen molar-refractivity contribution in [2.24, 2.45) is 0 Å². The molecule has 2 heteroatoms. The molecule has 1 atom stereocenters. The Morgan fingerprint density at radius 3 is 2.61 bits per heavy atom. The van der Waals surface area contributed by atoms with Gasteiger partial charge in [-0.05, 0) is 35.6 Å². The standard InChI is InChI=1S/C16H15FO/c17-15-8-4-2-6-13(15)11-16(18)10-9-12-5-1-3-7-14(12)16/h1-8,18H,9-11H2. The van der Waals surface area contributed by atoms with E-state index in [1.54, 1.807) is 12.1 Å². The van der Waals surface area contributed by atoms with Crippen molar-refractivity contribution in [3.63, 3.8) is 0 Å². The van der Waals surface area contributed by atoms with Crippen molar-refractivity contribution in [1.82, 2.24) is 0 Å². The summed E-state index contributed by atoms with van der Waals surface area (Å²) in [5.74, 6) is -0.240. The maximum absolute atomic E-state index is 13.7. The quantitative estimate of drug-likeness (QED) is 0.857. The molecule has 1 aliphatic rings. The number of halogens is 1. The van der Waals surface area contributed by atoms with Gasteiger partial charge in [0.05, 0.1) is 5.60 Å². The molecule has 92 valence electrons. The monoisotopic (exact) mass is 242 g/mol. The van der Waals surface area contributed by atoms with E-state index in [-0.39, 0.29) is 5.82 Å². The molecule has 18 heavy (non-hydrogen) atoms. The highest BCUT2D eigenvalue weighted by molar-refractivity contribution is 5.38. The molecule has 1 unspecified atom stereocenters. The van der Waals surface area contributed by atoms with Crippen LogP contribution in [0.1, 0.15) is 23.1 Å². The first-order chi connectivity index (χ1) is 8.69. The van der Waals surface area contributed by atoms with Crippen molar-refractivity contribution >= 4 is 0 Å². The lowest BCUT2D eigenvalue weighted by atomic mass is 9.88. The van der Waals surface area contributed by atoms with Crippen molar-refractivity contribution in [2.45, 2.75) is 24.9 Å². The number of hydrogen-bond acceptors (Lipinski definition) is 1. The van der Waals surface area contributed by atoms with E-state index >= 15 is 0 Å². The Morgan fingerprint density at radius 1 is 1.06 bits per heavy atom. The molecule has 2 aromatic rings. The zero-order valence-corrected chi connectivity index (χ0v) is 10.1. The second-order valence-electron chi connectivity index (χ2n) is 4.96. The Morgan fingerprint density at radius 2 is 1.78 bits per heavy atom. The van der Waals surface area contributed by atoms with Crippen LogP contribution >= 0.6 is 0 Å². The van der Waals surface area contributed by atoms with Gasteiger partial charge in [-0.3, -0.25) is 0 Å². The highest BCUT2D eigenvalue weighted by atomic mass is 19.1. The van der Waals surface area contributed by atoms with Crippen molar-refractivity contribution in [3.05, 3.63) is 71.0 Å². The molecule has 0 aromatic heterocycles. The van der Waals surface area contributed by atoms with Crippen LogP contribution in [0.4, 0.5) is 4.39 Å². The molecule has 0 aliphatic heterocycles. The number of aryl methyl sites for hydroxylation is 1. The van der Waals surface area contributed by atoms with Crippen LogP contribution in [0.5, 0.6) is 0 Å². The molecule has 0 fully saturated rings. The van der Waals surface area contributed by atoms with Crippen LogP contribution in [0.25, 0.3) is 0 Å². The Hall–Kier alpha value is -1.67. The van der Waals surface area contributed by atoms with Crippen LogP contribution in [-0.2, 0) is 18.4 Å². The van der Waals surface area contributed by atoms with Crippen molar-refractivity contribution in [1.29, 1.82) is 0 Å². The topological polar surface area (TPSA) is 20.2 Å². The van der Waals surface area contributed by atoms with Gasteiger partial charge in [-0.15, -0.1) is 0 Å². The second kappa shape index (κ2) is 4.21. The Balaban J connectivity index is 1.96. The zero-order chi connectivity index (χ0) is 12.6. The van der Waals surface area contributed by atoms with Gasteiger partial charge < -0.3 is 5.11 Å². The average molecular weight is 242 g/mol. The molecule has 0 spiro atoms. The SMILES string of the molecule is OC1(Cc2ccccc2F)CCc2ccccc21. The van der Waals surface area contributed by atoms with Crippen molar-refractivity contribution in [2.75, 3.05) is 0 Å². The van der Waals surface area contributed by atoms with Gasteiger partial charge in [0.2, 0.25) is 0 Å². The minimum Gasteiger partial charge on any atom is -0.385 e. The molecule has 0 saturated heterocycles. The maximum Gasteiger partial charge on any atom is 0.126 e. The molecule has 3 rings (SSSR count). The molecule has 1 aliphatic carbocycles. The fourth-order valence-corrected chi connectivity index (χ4v) is 2.81. The Labute approximate surface area is 106 Å². The molecule has 0 amide bonds. The summed E-state index contributed by atoms with van der Waals surface area (Å²) in [7, 11) is 0. The lowest BCUT2D eigenvalue weighted by Crippen LogP contribution is -2.25. The molecular formula is C16H15FO. The minimum absolute atomic E-state index is 0.240. The van der Waals surface area contributed by atoms with Crippen LogP contribution < -0.4 is 0 Å². The minimum atomic E-state index is -0.918. The molecule has 1 nitrogen and oxygen atoms in total. The van der Waals surface area contributed by atoms with Crippen molar-refractivity contribution in [3.8, 4) is 0 Å². The van der Waals surface area contributed by atoms with E-state index in [9.17, 15) is 9.50 Å². The van der Waals surface area contributed by atoms with Gasteiger partial charge in [0.1, 0.15) is 5.82 Å². The van der Waals surface area contributed by atoms with E-state index in [0.717, 1.165) is 12.0 Å². The highest BCUT2D eigenvalue weighted by Crippen LogP contribution is 2.39. The second-order valence-corrected chi connectivity index (χ2v) is 4.96. The smallest absolute Gasteiger partial charge is 0.126 e. The Bertz CT molecular complexity index is 579. The normalized spacial score (nSPS) is 21.9. The summed E-state index contributed by atoms with van der Waals surface area (Å²) in [4.78, 5) is 0. The summed E-state index contributed by atoms with van der Waals surface area (Å²) >= 11 is 0. The van der Waals surface area contributed by atoms with E-state index in [2.05, 4.69) is 0 Å². The van der Waals surface area contributed by atoms with Gasteiger partial charge in [0.15, 0.2) is 0 Å². The predicted molar refractivity (Wildman–Crippen MR) is 68.8 cm³/mol. The number of fused-ring (bicyclic) bond motifs is 1. The predicted octanol–water partition coefficient (Wildman–Crippen LogP) is 3.20. The first-order valence-corrected chi connectivity index (χ1v) is 6.23. The summed E-state index contributed by atoms with van der Waals surface area (Å²) in [6.45, 7) is 0. The molecule has 0 heterocycles. The van der Waals surface area contributed by atoms with Crippen molar-refractivity contribution < 1.29 is 9.50 Å². The molecule has 2 aromatic carbocycles. The van der Waals surface area contributed by atoms with Crippen LogP contribution in [-0.4, -0.2) is 5.11 Å². The largest absolute Gasteiger partial charge is 0.385 e. The number of aliphatic hydroxyl groups is 1. The molecule has 0 radical (unpaired) electrons. The first-order valence-electron chi connectivity index (χ1n) is 6.23. The van der Waals surface area contributed by atoms with E-state index in [4.69, 9.17) is 0 Å². The summed E-state index contributed by atoms with van der Waals surface area (Å²) in [5.41, 5.74) is 1.79. The average Bonchev–Trinajstić information content (AvgIpc) is 2.71. The van der Waals surface area contributed by atoms with Gasteiger partial charge in [-0.2, -0.15) is 0 Å². The van der Waals surface area contributed by atoms with E-state index in [0.29, 0.717) is 18.4 Å². The van der Waals surface area contributed by atoms with Gasteiger partial charge in [0.25, 0.3) is 0 Å². The third-order valence-corrected chi connectivity index (χ3v) is 3.77. The molecule has 1 N–H and O–H groups in total. The fourth-order valence-electron chi connectivity index (χ4n) is 2.81. The maximum atomic E-state index is 13.7. The zero-order valence-electron chi connectivity index (χ0n) is 10.1. The van der Waals surface area contributed by atoms with Gasteiger partial charge >= 0.3 is 0 Å². The number of rotatable bonds is 2. The highest BCUT2D eigenvalue weighted by Gasteiger charge is 2.36. The third-order valence-electron chi connectivity index (χ3n) is 3.77. The van der Waals surface area contributed by atoms with E-state index in [1.807, 2.05) is 30.3 Å². The van der Waals surface area contributed by atoms with Crippen LogP contribution in [0.2, 0.25) is 0 Å². The number of hydrogen-bond donors (Lipinski definition) is 1. The first kappa shape index (κ1) is 11.4. The van der Waals surface area contributed by atoms with Crippen LogP contribution in [0.15, 0.2) is 48.5 Å². The third kappa shape index (κ3) is 1.83. The molecule has 0 saturated carbocycles. The molecular weight excluding hydrogens is 227 g/mol. The fraction of sp³-hybridized carbons (Fsp3) is 0.250. The molecule has 0 bridgehead atoms. The van der Waals surface area contributed by atoms with Crippen LogP contribution in [0.3, 0.4) is 0 Å². The Kier molecular flexibility index (Phi) is 2.67. The van der Waals surface area contributed by atoms with Gasteiger partial charge in [-0.25, -0.2) is 4.39 Å². The lowest BCUT2D eigenvalue weighted by molar-refractivity contribution is 0.0381. The van der Waals surface area contributed by atoms with E-state index in [1.165, 1.54) is 11.6 Å².